The maximum Gasteiger partial charge on any atom is 0.224 e. The van der Waals surface area contributed by atoms with Crippen LogP contribution in [-0.4, -0.2) is 35.3 Å². The van der Waals surface area contributed by atoms with E-state index in [9.17, 15) is 9.00 Å². The highest BCUT2D eigenvalue weighted by molar-refractivity contribution is 7.84. The predicted molar refractivity (Wildman–Crippen MR) is 78.5 cm³/mol. The van der Waals surface area contributed by atoms with Crippen LogP contribution in [0.15, 0.2) is 24.3 Å². The van der Waals surface area contributed by atoms with E-state index >= 15 is 0 Å². The molecule has 0 spiro atoms. The van der Waals surface area contributed by atoms with Gasteiger partial charge in [0.15, 0.2) is 0 Å². The average Bonchev–Trinajstić information content (AvgIpc) is 2.39. The molecule has 0 aliphatic carbocycles. The summed E-state index contributed by atoms with van der Waals surface area (Å²) in [4.78, 5) is 11.6. The zero-order valence-electron chi connectivity index (χ0n) is 11.1. The molecule has 0 aliphatic heterocycles. The summed E-state index contributed by atoms with van der Waals surface area (Å²) < 4.78 is 16.3. The fourth-order valence-corrected chi connectivity index (χ4v) is 2.48. The number of hydrogen-bond donors (Lipinski definition) is 2. The Morgan fingerprint density at radius 3 is 2.63 bits per heavy atom. The summed E-state index contributed by atoms with van der Waals surface area (Å²) in [6.07, 6.45) is 0.972. The zero-order chi connectivity index (χ0) is 14.1. The van der Waals surface area contributed by atoms with Crippen molar-refractivity contribution >= 4 is 28.1 Å². The van der Waals surface area contributed by atoms with Crippen LogP contribution >= 0.6 is 0 Å². The van der Waals surface area contributed by atoms with E-state index in [-0.39, 0.29) is 5.91 Å². The maximum absolute atomic E-state index is 11.6. The molecule has 3 N–H and O–H groups in total. The molecule has 5 nitrogen and oxygen atoms in total. The van der Waals surface area contributed by atoms with Gasteiger partial charge in [0.1, 0.15) is 0 Å². The van der Waals surface area contributed by atoms with Gasteiger partial charge in [-0.25, -0.2) is 0 Å². The Kier molecular flexibility index (Phi) is 7.14. The van der Waals surface area contributed by atoms with Crippen molar-refractivity contribution in [2.45, 2.75) is 12.8 Å². The largest absolute Gasteiger partial charge is 0.399 e. The predicted octanol–water partition coefficient (Wildman–Crippen LogP) is 1.38. The van der Waals surface area contributed by atoms with E-state index in [1.807, 2.05) is 0 Å². The normalized spacial score (nSPS) is 12.1. The van der Waals surface area contributed by atoms with Crippen molar-refractivity contribution in [1.82, 2.24) is 0 Å². The van der Waals surface area contributed by atoms with Crippen LogP contribution in [0.25, 0.3) is 0 Å². The van der Waals surface area contributed by atoms with E-state index < -0.39 is 10.8 Å². The molecule has 1 aromatic carbocycles. The van der Waals surface area contributed by atoms with Gasteiger partial charge in [0.2, 0.25) is 5.91 Å². The van der Waals surface area contributed by atoms with Crippen molar-refractivity contribution in [2.75, 3.05) is 36.3 Å². The molecule has 1 rings (SSSR count). The summed E-state index contributed by atoms with van der Waals surface area (Å²) >= 11 is 0. The molecule has 1 amide bonds. The van der Waals surface area contributed by atoms with Crippen LogP contribution in [0.1, 0.15) is 12.8 Å². The molecule has 1 aromatic rings. The number of nitrogen functional groups attached to an aromatic ring is 1. The number of carbonyl (C=O) groups is 1. The average molecular weight is 284 g/mol. The molecule has 0 aromatic heterocycles. The SMILES string of the molecule is COCCS(=O)CCCC(=O)Nc1ccc(N)cc1. The summed E-state index contributed by atoms with van der Waals surface area (Å²) in [6.45, 7) is 0.490. The quantitative estimate of drug-likeness (QED) is 0.707. The minimum atomic E-state index is -0.907. The van der Waals surface area contributed by atoms with Gasteiger partial charge >= 0.3 is 0 Å². The van der Waals surface area contributed by atoms with Gasteiger partial charge in [-0.1, -0.05) is 0 Å². The third-order valence-corrected chi connectivity index (χ3v) is 3.85. The fourth-order valence-electron chi connectivity index (χ4n) is 1.46. The smallest absolute Gasteiger partial charge is 0.224 e. The summed E-state index contributed by atoms with van der Waals surface area (Å²) in [7, 11) is 0.673. The number of ether oxygens (including phenoxy) is 1. The number of nitrogens with two attached hydrogens (primary N) is 1. The number of amides is 1. The van der Waals surface area contributed by atoms with Crippen molar-refractivity contribution in [3.05, 3.63) is 24.3 Å². The Bertz CT molecular complexity index is 420. The molecule has 0 saturated carbocycles. The lowest BCUT2D eigenvalue weighted by Gasteiger charge is -2.05. The lowest BCUT2D eigenvalue weighted by Crippen LogP contribution is -2.14. The maximum atomic E-state index is 11.6. The van der Waals surface area contributed by atoms with Gasteiger partial charge in [-0.05, 0) is 30.7 Å². The number of anilines is 2. The molecule has 6 heteroatoms. The van der Waals surface area contributed by atoms with Crippen molar-refractivity contribution in [1.29, 1.82) is 0 Å². The van der Waals surface area contributed by atoms with Crippen LogP contribution in [0.5, 0.6) is 0 Å². The molecule has 0 fully saturated rings. The van der Waals surface area contributed by atoms with Gasteiger partial charge in [-0.2, -0.15) is 0 Å². The summed E-state index contributed by atoms with van der Waals surface area (Å²) in [6, 6.07) is 6.97. The minimum absolute atomic E-state index is 0.0755. The number of nitrogens with one attached hydrogen (secondary N) is 1. The van der Waals surface area contributed by atoms with Crippen molar-refractivity contribution in [3.63, 3.8) is 0 Å². The molecule has 19 heavy (non-hydrogen) atoms. The lowest BCUT2D eigenvalue weighted by atomic mass is 10.2. The number of benzene rings is 1. The zero-order valence-corrected chi connectivity index (χ0v) is 11.9. The van der Waals surface area contributed by atoms with E-state index in [0.29, 0.717) is 36.6 Å². The van der Waals surface area contributed by atoms with E-state index in [1.54, 1.807) is 31.4 Å². The Morgan fingerprint density at radius 1 is 1.32 bits per heavy atom. The molecule has 0 aliphatic rings. The van der Waals surface area contributed by atoms with Gasteiger partial charge in [0.05, 0.1) is 6.61 Å². The Balaban J connectivity index is 2.21. The molecule has 1 atom stereocenters. The molecule has 106 valence electrons. The Labute approximate surface area is 116 Å². The summed E-state index contributed by atoms with van der Waals surface area (Å²) in [5, 5.41) is 2.77. The number of hydrogen-bond acceptors (Lipinski definition) is 4. The van der Waals surface area contributed by atoms with Gasteiger partial charge < -0.3 is 15.8 Å². The van der Waals surface area contributed by atoms with E-state index in [2.05, 4.69) is 5.32 Å². The van der Waals surface area contributed by atoms with Crippen LogP contribution in [0.2, 0.25) is 0 Å². The monoisotopic (exact) mass is 284 g/mol. The molecular formula is C13H20N2O3S. The summed E-state index contributed by atoms with van der Waals surface area (Å²) in [5.41, 5.74) is 6.93. The first-order chi connectivity index (χ1) is 9.11. The fraction of sp³-hybridized carbons (Fsp3) is 0.462. The van der Waals surface area contributed by atoms with E-state index in [0.717, 1.165) is 5.69 Å². The second kappa shape index (κ2) is 8.66. The second-order valence-corrected chi connectivity index (χ2v) is 5.81. The second-order valence-electron chi connectivity index (χ2n) is 4.11. The highest BCUT2D eigenvalue weighted by Crippen LogP contribution is 2.11. The number of rotatable bonds is 8. The highest BCUT2D eigenvalue weighted by Gasteiger charge is 2.04. The van der Waals surface area contributed by atoms with E-state index in [4.69, 9.17) is 10.5 Å². The first-order valence-corrected chi connectivity index (χ1v) is 7.60. The van der Waals surface area contributed by atoms with Gasteiger partial charge in [-0.3, -0.25) is 9.00 Å². The van der Waals surface area contributed by atoms with Gasteiger partial charge in [-0.15, -0.1) is 0 Å². The van der Waals surface area contributed by atoms with Crippen LogP contribution in [0.4, 0.5) is 11.4 Å². The van der Waals surface area contributed by atoms with Crippen LogP contribution in [0, 0.1) is 0 Å². The minimum Gasteiger partial charge on any atom is -0.399 e. The molecule has 0 radical (unpaired) electrons. The molecule has 1 unspecified atom stereocenters. The Morgan fingerprint density at radius 2 is 2.00 bits per heavy atom. The Hall–Kier alpha value is -1.40. The number of carbonyl (C=O) groups excluding carboxylic acids is 1. The first kappa shape index (κ1) is 15.7. The molecule has 0 heterocycles. The van der Waals surface area contributed by atoms with Crippen LogP contribution < -0.4 is 11.1 Å². The van der Waals surface area contributed by atoms with Crippen molar-refractivity contribution in [2.24, 2.45) is 0 Å². The third-order valence-electron chi connectivity index (χ3n) is 2.49. The third kappa shape index (κ3) is 6.93. The molecule has 0 bridgehead atoms. The van der Waals surface area contributed by atoms with Gasteiger partial charge in [0.25, 0.3) is 0 Å². The standard InChI is InChI=1S/C13H20N2O3S/c1-18-8-10-19(17)9-2-3-13(16)15-12-6-4-11(14)5-7-12/h4-7H,2-3,8-10,14H2,1H3,(H,15,16). The summed E-state index contributed by atoms with van der Waals surface area (Å²) in [5.74, 6) is 0.975. The van der Waals surface area contributed by atoms with Gasteiger partial charge in [0, 0.05) is 47.2 Å². The molecular weight excluding hydrogens is 264 g/mol. The van der Waals surface area contributed by atoms with Crippen molar-refractivity contribution < 1.29 is 13.7 Å². The number of methoxy groups -OCH3 is 1. The first-order valence-electron chi connectivity index (χ1n) is 6.11. The molecule has 0 saturated heterocycles. The van der Waals surface area contributed by atoms with E-state index in [1.165, 1.54) is 0 Å². The van der Waals surface area contributed by atoms with Crippen molar-refractivity contribution in [3.8, 4) is 0 Å². The topological polar surface area (TPSA) is 81.4 Å². The van der Waals surface area contributed by atoms with Crippen LogP contribution in [0.3, 0.4) is 0 Å². The highest BCUT2D eigenvalue weighted by atomic mass is 32.2. The lowest BCUT2D eigenvalue weighted by molar-refractivity contribution is -0.116. The van der Waals surface area contributed by atoms with Crippen LogP contribution in [-0.2, 0) is 20.3 Å².